The number of hydrogen-bond acceptors (Lipinski definition) is 3. The van der Waals surface area contributed by atoms with E-state index in [-0.39, 0.29) is 0 Å². The maximum absolute atomic E-state index is 9.34. The van der Waals surface area contributed by atoms with Crippen LogP contribution in [0.15, 0.2) is 62.7 Å². The zero-order valence-corrected chi connectivity index (χ0v) is 12.0. The van der Waals surface area contributed by atoms with Crippen LogP contribution in [0.2, 0.25) is 0 Å². The zero-order valence-electron chi connectivity index (χ0n) is 9.64. The molecular formula is C14H8BrClN2O. The van der Waals surface area contributed by atoms with Gasteiger partial charge in [0.15, 0.2) is 0 Å². The molecular weight excluding hydrogens is 328 g/mol. The molecule has 2 rings (SSSR count). The molecule has 3 nitrogen and oxygen atoms in total. The first-order chi connectivity index (χ1) is 9.17. The molecule has 0 heterocycles. The Kier molecular flexibility index (Phi) is 4.20. The molecule has 1 aliphatic rings. The monoisotopic (exact) mass is 334 g/mol. The average molecular weight is 336 g/mol. The average Bonchev–Trinajstić information content (AvgIpc) is 2.44. The minimum atomic E-state index is 0.319. The molecule has 0 atom stereocenters. The van der Waals surface area contributed by atoms with Crippen LogP contribution < -0.4 is 0 Å². The maximum Gasteiger partial charge on any atom is 0.118 e. The van der Waals surface area contributed by atoms with E-state index in [4.69, 9.17) is 16.8 Å². The summed E-state index contributed by atoms with van der Waals surface area (Å²) in [7, 11) is 0. The molecule has 0 fully saturated rings. The fourth-order valence-electron chi connectivity index (χ4n) is 1.69. The van der Waals surface area contributed by atoms with E-state index < -0.39 is 0 Å². The van der Waals surface area contributed by atoms with Gasteiger partial charge in [-0.05, 0) is 33.6 Å². The Morgan fingerprint density at radius 3 is 2.53 bits per heavy atom. The van der Waals surface area contributed by atoms with Crippen molar-refractivity contribution in [2.75, 3.05) is 0 Å². The molecule has 0 bridgehead atoms. The maximum atomic E-state index is 9.34. The molecule has 1 aromatic carbocycles. The Morgan fingerprint density at radius 2 is 1.95 bits per heavy atom. The smallest absolute Gasteiger partial charge is 0.118 e. The fraction of sp³-hybridized carbons (Fsp3) is 0. The Balaban J connectivity index is 2.62. The lowest BCUT2D eigenvalue weighted by molar-refractivity contribution is 0.320. The van der Waals surface area contributed by atoms with Gasteiger partial charge in [0, 0.05) is 10.1 Å². The van der Waals surface area contributed by atoms with Gasteiger partial charge in [-0.1, -0.05) is 47.1 Å². The van der Waals surface area contributed by atoms with E-state index in [1.807, 2.05) is 30.3 Å². The van der Waals surface area contributed by atoms with E-state index in [1.165, 1.54) is 6.08 Å². The molecule has 1 aromatic rings. The van der Waals surface area contributed by atoms with E-state index >= 15 is 0 Å². The summed E-state index contributed by atoms with van der Waals surface area (Å²) in [6, 6.07) is 11.4. The highest BCUT2D eigenvalue weighted by molar-refractivity contribution is 9.12. The molecule has 0 radical (unpaired) electrons. The van der Waals surface area contributed by atoms with Crippen LogP contribution in [0.25, 0.3) is 5.57 Å². The zero-order chi connectivity index (χ0) is 13.8. The second kappa shape index (κ2) is 5.87. The van der Waals surface area contributed by atoms with Crippen molar-refractivity contribution in [2.24, 2.45) is 5.16 Å². The van der Waals surface area contributed by atoms with Crippen LogP contribution in [0.5, 0.6) is 0 Å². The van der Waals surface area contributed by atoms with Crippen LogP contribution >= 0.6 is 27.5 Å². The second-order valence-electron chi connectivity index (χ2n) is 3.74. The van der Waals surface area contributed by atoms with E-state index in [9.17, 15) is 5.26 Å². The predicted molar refractivity (Wildman–Crippen MR) is 79.1 cm³/mol. The molecule has 0 saturated heterocycles. The van der Waals surface area contributed by atoms with Crippen LogP contribution in [-0.2, 0) is 0 Å². The van der Waals surface area contributed by atoms with Crippen LogP contribution in [0.4, 0.5) is 0 Å². The molecule has 0 saturated carbocycles. The van der Waals surface area contributed by atoms with Gasteiger partial charge < -0.3 is 5.21 Å². The lowest BCUT2D eigenvalue weighted by Gasteiger charge is -2.12. The third-order valence-corrected chi connectivity index (χ3v) is 3.54. The first-order valence-corrected chi connectivity index (χ1v) is 6.51. The number of benzene rings is 1. The van der Waals surface area contributed by atoms with Gasteiger partial charge in [0.2, 0.25) is 0 Å². The van der Waals surface area contributed by atoms with Crippen LogP contribution in [0.3, 0.4) is 0 Å². The number of hydrogen-bond donors (Lipinski definition) is 1. The van der Waals surface area contributed by atoms with Gasteiger partial charge in [0.05, 0.1) is 10.6 Å². The van der Waals surface area contributed by atoms with Crippen LogP contribution in [-0.4, -0.2) is 10.9 Å². The molecule has 0 aliphatic heterocycles. The Hall–Kier alpha value is -1.83. The van der Waals surface area contributed by atoms with E-state index in [2.05, 4.69) is 27.2 Å². The fourth-order valence-corrected chi connectivity index (χ4v) is 2.36. The summed E-state index contributed by atoms with van der Waals surface area (Å²) in [6.45, 7) is 0. The quantitative estimate of drug-likeness (QED) is 0.475. The summed E-state index contributed by atoms with van der Waals surface area (Å²) in [6.07, 6.45) is 3.17. The molecule has 1 N–H and O–H groups in total. The standard InChI is InChI=1S/C14H8BrClN2O/c15-12-6-10(13(16)7-14(12)18-19)11(8-17)9-4-2-1-3-5-9/h1-7,19H/b11-10-,18-14+. The van der Waals surface area contributed by atoms with Gasteiger partial charge in [-0.2, -0.15) is 5.26 Å². The highest BCUT2D eigenvalue weighted by Crippen LogP contribution is 2.32. The SMILES string of the molecule is N#C/C(=C1C=C(Br)/C(=N/O)C=C\1Cl)c1ccccc1. The predicted octanol–water partition coefficient (Wildman–Crippen LogP) is 4.21. The number of oxime groups is 1. The van der Waals surface area contributed by atoms with Crippen molar-refractivity contribution in [2.45, 2.75) is 0 Å². The molecule has 94 valence electrons. The van der Waals surface area contributed by atoms with Crippen LogP contribution in [0, 0.1) is 11.3 Å². The third kappa shape index (κ3) is 2.78. The van der Waals surface area contributed by atoms with Gasteiger partial charge in [-0.15, -0.1) is 0 Å². The van der Waals surface area contributed by atoms with Crippen LogP contribution in [0.1, 0.15) is 5.56 Å². The normalized spacial score (nSPS) is 19.5. The van der Waals surface area contributed by atoms with Gasteiger partial charge in [-0.3, -0.25) is 0 Å². The minimum absolute atomic E-state index is 0.319. The van der Waals surface area contributed by atoms with Crippen molar-refractivity contribution in [1.82, 2.24) is 0 Å². The van der Waals surface area contributed by atoms with Crippen molar-refractivity contribution in [3.05, 3.63) is 63.1 Å². The number of nitrogens with zero attached hydrogens (tertiary/aromatic N) is 2. The minimum Gasteiger partial charge on any atom is -0.410 e. The first kappa shape index (κ1) is 13.6. The lowest BCUT2D eigenvalue weighted by atomic mass is 9.97. The van der Waals surface area contributed by atoms with Crippen molar-refractivity contribution in [3.63, 3.8) is 0 Å². The molecule has 1 aliphatic carbocycles. The first-order valence-electron chi connectivity index (χ1n) is 5.34. The third-order valence-electron chi connectivity index (χ3n) is 2.59. The number of halogens is 2. The Labute approximate surface area is 123 Å². The molecule has 0 spiro atoms. The molecule has 0 unspecified atom stereocenters. The lowest BCUT2D eigenvalue weighted by Crippen LogP contribution is -2.03. The van der Waals surface area contributed by atoms with E-state index in [0.29, 0.717) is 26.4 Å². The molecule has 19 heavy (non-hydrogen) atoms. The highest BCUT2D eigenvalue weighted by Gasteiger charge is 2.18. The Morgan fingerprint density at radius 1 is 1.26 bits per heavy atom. The largest absolute Gasteiger partial charge is 0.410 e. The van der Waals surface area contributed by atoms with Crippen molar-refractivity contribution in [3.8, 4) is 6.07 Å². The Bertz CT molecular complexity index is 666. The summed E-state index contributed by atoms with van der Waals surface area (Å²) in [5.74, 6) is 0. The van der Waals surface area contributed by atoms with Gasteiger partial charge in [0.1, 0.15) is 11.8 Å². The van der Waals surface area contributed by atoms with Gasteiger partial charge >= 0.3 is 0 Å². The van der Waals surface area contributed by atoms with Gasteiger partial charge in [-0.25, -0.2) is 0 Å². The molecule has 0 amide bonds. The summed E-state index contributed by atoms with van der Waals surface area (Å²) >= 11 is 9.42. The summed E-state index contributed by atoms with van der Waals surface area (Å²) < 4.78 is 0.568. The number of allylic oxidation sites excluding steroid dienone is 6. The van der Waals surface area contributed by atoms with E-state index in [1.54, 1.807) is 6.08 Å². The number of nitriles is 1. The summed E-state index contributed by atoms with van der Waals surface area (Å²) in [5.41, 5.74) is 2.16. The highest BCUT2D eigenvalue weighted by atomic mass is 79.9. The topological polar surface area (TPSA) is 56.4 Å². The summed E-state index contributed by atoms with van der Waals surface area (Å²) in [4.78, 5) is 0. The number of rotatable bonds is 1. The molecule has 0 aromatic heterocycles. The molecule has 5 heteroatoms. The van der Waals surface area contributed by atoms with Crippen molar-refractivity contribution >= 4 is 38.8 Å². The summed E-state index contributed by atoms with van der Waals surface area (Å²) in [5, 5.41) is 21.6. The van der Waals surface area contributed by atoms with Gasteiger partial charge in [0.25, 0.3) is 0 Å². The van der Waals surface area contributed by atoms with Crippen molar-refractivity contribution < 1.29 is 5.21 Å². The van der Waals surface area contributed by atoms with Crippen molar-refractivity contribution in [1.29, 1.82) is 5.26 Å². The van der Waals surface area contributed by atoms with E-state index in [0.717, 1.165) is 5.56 Å². The second-order valence-corrected chi connectivity index (χ2v) is 5.00.